The van der Waals surface area contributed by atoms with Crippen LogP contribution in [0.5, 0.6) is 0 Å². The number of carbonyl (C=O) groups is 4. The number of nitrogens with zero attached hydrogens (tertiary/aromatic N) is 2. The second-order valence-corrected chi connectivity index (χ2v) is 8.95. The highest BCUT2D eigenvalue weighted by atomic mass is 32.2. The lowest BCUT2D eigenvalue weighted by atomic mass is 10.2. The van der Waals surface area contributed by atoms with Crippen LogP contribution in [0.2, 0.25) is 0 Å². The van der Waals surface area contributed by atoms with Crippen LogP contribution in [0.4, 0.5) is 14.9 Å². The molecule has 0 aromatic heterocycles. The van der Waals surface area contributed by atoms with Crippen LogP contribution in [0, 0.1) is 5.82 Å². The number of para-hydroxylation sites is 1. The van der Waals surface area contributed by atoms with Gasteiger partial charge in [-0.2, -0.15) is 0 Å². The lowest BCUT2D eigenvalue weighted by molar-refractivity contribution is -0.124. The second kappa shape index (κ2) is 9.58. The van der Waals surface area contributed by atoms with Crippen molar-refractivity contribution in [3.63, 3.8) is 0 Å². The van der Waals surface area contributed by atoms with Gasteiger partial charge in [0, 0.05) is 23.5 Å². The van der Waals surface area contributed by atoms with Gasteiger partial charge in [0.1, 0.15) is 12.4 Å². The molecule has 4 amide bonds. The molecule has 1 saturated heterocycles. The Labute approximate surface area is 192 Å². The molecule has 2 aliphatic heterocycles. The molecule has 0 spiro atoms. The largest absolute Gasteiger partial charge is 0.353 e. The lowest BCUT2D eigenvalue weighted by Gasteiger charge is -2.28. The van der Waals surface area contributed by atoms with E-state index in [4.69, 9.17) is 0 Å². The first-order valence-corrected chi connectivity index (χ1v) is 11.5. The molecule has 1 N–H and O–H groups in total. The van der Waals surface area contributed by atoms with Gasteiger partial charge in [0.25, 0.3) is 11.1 Å². The number of halogens is 1. The fraction of sp³-hybridized carbons (Fsp3) is 0.182. The predicted molar refractivity (Wildman–Crippen MR) is 122 cm³/mol. The molecule has 0 unspecified atom stereocenters. The van der Waals surface area contributed by atoms with E-state index in [0.29, 0.717) is 5.69 Å². The Morgan fingerprint density at radius 2 is 1.81 bits per heavy atom. The summed E-state index contributed by atoms with van der Waals surface area (Å²) in [6.07, 6.45) is 1.34. The van der Waals surface area contributed by atoms with Crippen LogP contribution in [0.25, 0.3) is 6.08 Å². The maximum absolute atomic E-state index is 13.8. The van der Waals surface area contributed by atoms with E-state index in [1.165, 1.54) is 40.9 Å². The highest BCUT2D eigenvalue weighted by molar-refractivity contribution is 8.18. The SMILES string of the molecule is O=C(CN1C(=O)CSc2ccccc21)NCCN1C(=O)S/C(=C\c2ccccc2F)C1=O. The summed E-state index contributed by atoms with van der Waals surface area (Å²) >= 11 is 2.16. The fourth-order valence-electron chi connectivity index (χ4n) is 3.26. The summed E-state index contributed by atoms with van der Waals surface area (Å²) in [5.74, 6) is -1.31. The third kappa shape index (κ3) is 4.71. The number of imide groups is 1. The van der Waals surface area contributed by atoms with Gasteiger partial charge < -0.3 is 10.2 Å². The maximum atomic E-state index is 13.8. The number of thioether (sulfide) groups is 2. The minimum Gasteiger partial charge on any atom is -0.353 e. The molecule has 7 nitrogen and oxygen atoms in total. The highest BCUT2D eigenvalue weighted by Gasteiger charge is 2.35. The Morgan fingerprint density at radius 3 is 2.62 bits per heavy atom. The summed E-state index contributed by atoms with van der Waals surface area (Å²) in [7, 11) is 0. The molecule has 2 aliphatic rings. The van der Waals surface area contributed by atoms with Crippen molar-refractivity contribution in [1.82, 2.24) is 10.2 Å². The van der Waals surface area contributed by atoms with Crippen LogP contribution in [-0.2, 0) is 14.4 Å². The third-order valence-corrected chi connectivity index (χ3v) is 6.79. The molecule has 1 fully saturated rings. The molecule has 2 aromatic rings. The van der Waals surface area contributed by atoms with Crippen LogP contribution in [-0.4, -0.2) is 53.2 Å². The monoisotopic (exact) mass is 471 g/mol. The Bertz CT molecular complexity index is 1140. The maximum Gasteiger partial charge on any atom is 0.293 e. The summed E-state index contributed by atoms with van der Waals surface area (Å²) in [5.41, 5.74) is 0.907. The zero-order valence-corrected chi connectivity index (χ0v) is 18.4. The summed E-state index contributed by atoms with van der Waals surface area (Å²) in [5, 5.41) is 2.17. The van der Waals surface area contributed by atoms with Crippen molar-refractivity contribution in [2.24, 2.45) is 0 Å². The summed E-state index contributed by atoms with van der Waals surface area (Å²) in [6.45, 7) is -0.126. The zero-order valence-electron chi connectivity index (χ0n) is 16.7. The number of amides is 4. The third-order valence-electron chi connectivity index (χ3n) is 4.83. The molecular weight excluding hydrogens is 453 g/mol. The Morgan fingerprint density at radius 1 is 1.06 bits per heavy atom. The number of benzene rings is 2. The smallest absolute Gasteiger partial charge is 0.293 e. The summed E-state index contributed by atoms with van der Waals surface area (Å²) in [6, 6.07) is 13.3. The van der Waals surface area contributed by atoms with Crippen LogP contribution < -0.4 is 10.2 Å². The van der Waals surface area contributed by atoms with Gasteiger partial charge in [0.05, 0.1) is 16.3 Å². The second-order valence-electron chi connectivity index (χ2n) is 6.94. The molecular formula is C22H18FN3O4S2. The summed E-state index contributed by atoms with van der Waals surface area (Å²) < 4.78 is 13.8. The lowest BCUT2D eigenvalue weighted by Crippen LogP contribution is -2.45. The van der Waals surface area contributed by atoms with Gasteiger partial charge in [0.15, 0.2) is 0 Å². The minimum absolute atomic E-state index is 0.0224. The van der Waals surface area contributed by atoms with Crippen molar-refractivity contribution in [3.05, 3.63) is 64.8 Å². The number of rotatable bonds is 6. The van der Waals surface area contributed by atoms with Gasteiger partial charge >= 0.3 is 0 Å². The molecule has 10 heteroatoms. The Balaban J connectivity index is 1.33. The first-order chi connectivity index (χ1) is 15.4. The molecule has 4 rings (SSSR count). The van der Waals surface area contributed by atoms with E-state index in [-0.39, 0.29) is 41.8 Å². The van der Waals surface area contributed by atoms with Gasteiger partial charge in [-0.15, -0.1) is 11.8 Å². The molecule has 0 aliphatic carbocycles. The van der Waals surface area contributed by atoms with Gasteiger partial charge in [-0.05, 0) is 36.0 Å². The van der Waals surface area contributed by atoms with Crippen molar-refractivity contribution in [3.8, 4) is 0 Å². The van der Waals surface area contributed by atoms with Gasteiger partial charge in [-0.25, -0.2) is 4.39 Å². The van der Waals surface area contributed by atoms with Crippen molar-refractivity contribution < 1.29 is 23.6 Å². The van der Waals surface area contributed by atoms with Gasteiger partial charge in [-0.3, -0.25) is 24.1 Å². The van der Waals surface area contributed by atoms with Crippen LogP contribution in [0.3, 0.4) is 0 Å². The standard InChI is InChI=1S/C22H18FN3O4S2/c23-15-6-2-1-5-14(15)11-18-21(29)25(22(30)32-18)10-9-24-19(27)12-26-16-7-3-4-8-17(16)31-13-20(26)28/h1-8,11H,9-10,12-13H2,(H,24,27)/b18-11-. The average Bonchev–Trinajstić information content (AvgIpc) is 3.04. The fourth-order valence-corrected chi connectivity index (χ4v) is 5.05. The molecule has 32 heavy (non-hydrogen) atoms. The Kier molecular flexibility index (Phi) is 6.61. The van der Waals surface area contributed by atoms with Crippen LogP contribution >= 0.6 is 23.5 Å². The molecule has 0 atom stereocenters. The van der Waals surface area contributed by atoms with E-state index in [1.54, 1.807) is 18.2 Å². The average molecular weight is 472 g/mol. The first-order valence-electron chi connectivity index (χ1n) is 9.73. The van der Waals surface area contributed by atoms with E-state index >= 15 is 0 Å². The number of fused-ring (bicyclic) bond motifs is 1. The number of hydrogen-bond donors (Lipinski definition) is 1. The highest BCUT2D eigenvalue weighted by Crippen LogP contribution is 2.35. The number of hydrogen-bond acceptors (Lipinski definition) is 6. The van der Waals surface area contributed by atoms with Crippen molar-refractivity contribution in [1.29, 1.82) is 0 Å². The molecule has 164 valence electrons. The molecule has 2 heterocycles. The molecule has 0 saturated carbocycles. The molecule has 2 aromatic carbocycles. The Hall–Kier alpha value is -3.11. The van der Waals surface area contributed by atoms with E-state index in [2.05, 4.69) is 5.32 Å². The quantitative estimate of drug-likeness (QED) is 0.652. The van der Waals surface area contributed by atoms with Gasteiger partial charge in [0.2, 0.25) is 11.8 Å². The normalized spacial score (nSPS) is 17.2. The minimum atomic E-state index is -0.533. The van der Waals surface area contributed by atoms with Crippen molar-refractivity contribution in [2.45, 2.75) is 4.90 Å². The van der Waals surface area contributed by atoms with Crippen molar-refractivity contribution in [2.75, 3.05) is 30.3 Å². The van der Waals surface area contributed by atoms with Crippen LogP contribution in [0.15, 0.2) is 58.3 Å². The van der Waals surface area contributed by atoms with E-state index < -0.39 is 22.9 Å². The number of nitrogens with one attached hydrogen (secondary N) is 1. The first kappa shape index (κ1) is 22.1. The van der Waals surface area contributed by atoms with E-state index in [1.807, 2.05) is 12.1 Å². The molecule has 0 radical (unpaired) electrons. The zero-order chi connectivity index (χ0) is 22.7. The predicted octanol–water partition coefficient (Wildman–Crippen LogP) is 3.12. The van der Waals surface area contributed by atoms with Gasteiger partial charge in [-0.1, -0.05) is 30.3 Å². The van der Waals surface area contributed by atoms with Crippen LogP contribution in [0.1, 0.15) is 5.56 Å². The number of carbonyl (C=O) groups excluding carboxylic acids is 4. The van der Waals surface area contributed by atoms with E-state index in [0.717, 1.165) is 21.6 Å². The number of anilines is 1. The van der Waals surface area contributed by atoms with E-state index in [9.17, 15) is 23.6 Å². The molecule has 0 bridgehead atoms. The van der Waals surface area contributed by atoms with Crippen molar-refractivity contribution >= 4 is 58.2 Å². The topological polar surface area (TPSA) is 86.8 Å². The summed E-state index contributed by atoms with van der Waals surface area (Å²) in [4.78, 5) is 52.9.